The third kappa shape index (κ3) is 2.91. The molecular formula is C9H12N2OS. The molecule has 3 nitrogen and oxygen atoms in total. The maximum Gasteiger partial charge on any atom is 0.166 e. The average molecular weight is 196 g/mol. The summed E-state index contributed by atoms with van der Waals surface area (Å²) in [6.07, 6.45) is 3.38. The van der Waals surface area contributed by atoms with Crippen LogP contribution in [0.2, 0.25) is 0 Å². The van der Waals surface area contributed by atoms with Crippen molar-refractivity contribution >= 4 is 17.3 Å². The minimum atomic E-state index is 0.358. The van der Waals surface area contributed by atoms with E-state index in [1.54, 1.807) is 17.2 Å². The van der Waals surface area contributed by atoms with Crippen LogP contribution in [0.4, 0.5) is 0 Å². The SMILES string of the molecule is C=CCN(Cc1ccco1)C(N)=S. The first kappa shape index (κ1) is 9.80. The Bertz CT molecular complexity index is 282. The largest absolute Gasteiger partial charge is 0.467 e. The molecule has 1 aromatic heterocycles. The van der Waals surface area contributed by atoms with E-state index >= 15 is 0 Å². The topological polar surface area (TPSA) is 42.4 Å². The zero-order valence-corrected chi connectivity index (χ0v) is 8.09. The molecule has 13 heavy (non-hydrogen) atoms. The molecule has 0 radical (unpaired) electrons. The van der Waals surface area contributed by atoms with E-state index in [0.717, 1.165) is 5.76 Å². The second-order valence-electron chi connectivity index (χ2n) is 2.59. The van der Waals surface area contributed by atoms with Gasteiger partial charge in [-0.1, -0.05) is 6.08 Å². The minimum Gasteiger partial charge on any atom is -0.467 e. The van der Waals surface area contributed by atoms with E-state index in [1.165, 1.54) is 0 Å². The highest BCUT2D eigenvalue weighted by Crippen LogP contribution is 2.04. The monoisotopic (exact) mass is 196 g/mol. The summed E-state index contributed by atoms with van der Waals surface area (Å²) in [6.45, 7) is 4.85. The lowest BCUT2D eigenvalue weighted by Crippen LogP contribution is -2.34. The Kier molecular flexibility index (Phi) is 3.52. The lowest BCUT2D eigenvalue weighted by molar-refractivity contribution is 0.389. The van der Waals surface area contributed by atoms with E-state index in [-0.39, 0.29) is 0 Å². The molecule has 0 unspecified atom stereocenters. The summed E-state index contributed by atoms with van der Waals surface area (Å²) < 4.78 is 5.17. The molecule has 0 amide bonds. The smallest absolute Gasteiger partial charge is 0.166 e. The van der Waals surface area contributed by atoms with Crippen molar-refractivity contribution in [1.29, 1.82) is 0 Å². The van der Waals surface area contributed by atoms with E-state index in [2.05, 4.69) is 6.58 Å². The third-order valence-electron chi connectivity index (χ3n) is 1.59. The van der Waals surface area contributed by atoms with Crippen LogP contribution in [0.15, 0.2) is 35.5 Å². The summed E-state index contributed by atoms with van der Waals surface area (Å²) >= 11 is 4.87. The Morgan fingerprint density at radius 3 is 3.00 bits per heavy atom. The number of rotatable bonds is 4. The van der Waals surface area contributed by atoms with Crippen molar-refractivity contribution in [3.8, 4) is 0 Å². The molecule has 1 aromatic rings. The lowest BCUT2D eigenvalue weighted by Gasteiger charge is -2.19. The van der Waals surface area contributed by atoms with Gasteiger partial charge in [-0.15, -0.1) is 6.58 Å². The van der Waals surface area contributed by atoms with Gasteiger partial charge in [0.25, 0.3) is 0 Å². The van der Waals surface area contributed by atoms with Gasteiger partial charge in [-0.3, -0.25) is 0 Å². The zero-order chi connectivity index (χ0) is 9.68. The fraction of sp³-hybridized carbons (Fsp3) is 0.222. The first-order valence-corrected chi connectivity index (χ1v) is 4.32. The van der Waals surface area contributed by atoms with Crippen molar-refractivity contribution in [2.24, 2.45) is 5.73 Å². The molecule has 0 aliphatic heterocycles. The normalized spacial score (nSPS) is 9.54. The Morgan fingerprint density at radius 1 is 1.77 bits per heavy atom. The van der Waals surface area contributed by atoms with Crippen LogP contribution in [0.5, 0.6) is 0 Å². The maximum absolute atomic E-state index is 5.51. The van der Waals surface area contributed by atoms with Gasteiger partial charge in [0, 0.05) is 6.54 Å². The Labute approximate surface area is 82.8 Å². The molecule has 0 aliphatic carbocycles. The quantitative estimate of drug-likeness (QED) is 0.585. The van der Waals surface area contributed by atoms with Gasteiger partial charge in [-0.25, -0.2) is 0 Å². The Hall–Kier alpha value is -1.29. The summed E-state index contributed by atoms with van der Waals surface area (Å²) in [4.78, 5) is 1.81. The molecule has 0 aromatic carbocycles. The first-order valence-electron chi connectivity index (χ1n) is 3.91. The molecule has 1 heterocycles. The number of nitrogens with zero attached hydrogens (tertiary/aromatic N) is 1. The third-order valence-corrected chi connectivity index (χ3v) is 1.85. The van der Waals surface area contributed by atoms with Gasteiger partial charge < -0.3 is 15.1 Å². The van der Waals surface area contributed by atoms with Crippen LogP contribution in [-0.2, 0) is 6.54 Å². The van der Waals surface area contributed by atoms with E-state index in [0.29, 0.717) is 18.2 Å². The highest BCUT2D eigenvalue weighted by molar-refractivity contribution is 7.80. The zero-order valence-electron chi connectivity index (χ0n) is 7.27. The molecule has 0 saturated carbocycles. The Morgan fingerprint density at radius 2 is 2.54 bits per heavy atom. The fourth-order valence-corrected chi connectivity index (χ4v) is 1.12. The molecule has 0 bridgehead atoms. The standard InChI is InChI=1S/C9H12N2OS/c1-2-5-11(9(10)13)7-8-4-3-6-12-8/h2-4,6H,1,5,7H2,(H2,10,13). The van der Waals surface area contributed by atoms with E-state index in [4.69, 9.17) is 22.4 Å². The van der Waals surface area contributed by atoms with Crippen LogP contribution in [0.1, 0.15) is 5.76 Å². The molecule has 4 heteroatoms. The fourth-order valence-electron chi connectivity index (χ4n) is 0.979. The van der Waals surface area contributed by atoms with E-state index in [1.807, 2.05) is 12.1 Å². The summed E-state index contributed by atoms with van der Waals surface area (Å²) in [5.41, 5.74) is 5.51. The van der Waals surface area contributed by atoms with Crippen molar-refractivity contribution in [3.63, 3.8) is 0 Å². The average Bonchev–Trinajstić information content (AvgIpc) is 2.56. The van der Waals surface area contributed by atoms with Crippen molar-refractivity contribution in [2.45, 2.75) is 6.54 Å². The van der Waals surface area contributed by atoms with Gasteiger partial charge in [0.1, 0.15) is 5.76 Å². The number of thiocarbonyl (C=S) groups is 1. The molecule has 0 fully saturated rings. The van der Waals surface area contributed by atoms with Crippen molar-refractivity contribution in [3.05, 3.63) is 36.8 Å². The molecule has 1 rings (SSSR count). The number of hydrogen-bond acceptors (Lipinski definition) is 2. The van der Waals surface area contributed by atoms with Gasteiger partial charge in [-0.2, -0.15) is 0 Å². The predicted octanol–water partition coefficient (Wildman–Crippen LogP) is 1.51. The van der Waals surface area contributed by atoms with Gasteiger partial charge in [0.15, 0.2) is 5.11 Å². The lowest BCUT2D eigenvalue weighted by atomic mass is 10.4. The van der Waals surface area contributed by atoms with Gasteiger partial charge in [-0.05, 0) is 24.4 Å². The molecular weight excluding hydrogens is 184 g/mol. The maximum atomic E-state index is 5.51. The summed E-state index contributed by atoms with van der Waals surface area (Å²) in [6, 6.07) is 3.72. The van der Waals surface area contributed by atoms with Crippen molar-refractivity contribution in [2.75, 3.05) is 6.54 Å². The summed E-state index contributed by atoms with van der Waals surface area (Å²) in [7, 11) is 0. The van der Waals surface area contributed by atoms with E-state index in [9.17, 15) is 0 Å². The molecule has 0 aliphatic rings. The van der Waals surface area contributed by atoms with Crippen LogP contribution in [0.3, 0.4) is 0 Å². The number of hydrogen-bond donors (Lipinski definition) is 1. The van der Waals surface area contributed by atoms with E-state index < -0.39 is 0 Å². The van der Waals surface area contributed by atoms with Crippen molar-refractivity contribution in [1.82, 2.24) is 4.90 Å². The molecule has 70 valence electrons. The van der Waals surface area contributed by atoms with Gasteiger partial charge in [0.05, 0.1) is 12.8 Å². The van der Waals surface area contributed by atoms with Crippen LogP contribution < -0.4 is 5.73 Å². The van der Waals surface area contributed by atoms with Crippen molar-refractivity contribution < 1.29 is 4.42 Å². The summed E-state index contributed by atoms with van der Waals surface area (Å²) in [5.74, 6) is 0.842. The van der Waals surface area contributed by atoms with Gasteiger partial charge >= 0.3 is 0 Å². The highest BCUT2D eigenvalue weighted by atomic mass is 32.1. The first-order chi connectivity index (χ1) is 6.24. The molecule has 0 spiro atoms. The molecule has 2 N–H and O–H groups in total. The second-order valence-corrected chi connectivity index (χ2v) is 3.01. The molecule has 0 atom stereocenters. The Balaban J connectivity index is 2.57. The molecule has 0 saturated heterocycles. The van der Waals surface area contributed by atoms with Crippen LogP contribution in [-0.4, -0.2) is 16.6 Å². The number of nitrogens with two attached hydrogens (primary N) is 1. The highest BCUT2D eigenvalue weighted by Gasteiger charge is 2.06. The van der Waals surface area contributed by atoms with Crippen LogP contribution in [0.25, 0.3) is 0 Å². The summed E-state index contributed by atoms with van der Waals surface area (Å²) in [5, 5.41) is 0.358. The predicted molar refractivity (Wildman–Crippen MR) is 56.1 cm³/mol. The second kappa shape index (κ2) is 4.67. The minimum absolute atomic E-state index is 0.358. The van der Waals surface area contributed by atoms with Crippen LogP contribution in [0, 0.1) is 0 Å². The van der Waals surface area contributed by atoms with Crippen LogP contribution >= 0.6 is 12.2 Å². The number of furan rings is 1. The van der Waals surface area contributed by atoms with Gasteiger partial charge in [0.2, 0.25) is 0 Å².